The molecule has 31 heavy (non-hydrogen) atoms. The van der Waals surface area contributed by atoms with Crippen LogP contribution in [0.4, 0.5) is 0 Å². The van der Waals surface area contributed by atoms with Crippen LogP contribution in [-0.2, 0) is 20.3 Å². The standard InChI is InChI=1S/C26H23O3PS/c1-31(27,28)29-30-19-23-17-18-24(20-11-5-2-6-12-20)26(22-15-9-4-10-16-22)25(23)21-13-7-3-8-14-21/h2-18,30H,19H2,1H3. The number of hydrogen-bond acceptors (Lipinski definition) is 3. The summed E-state index contributed by atoms with van der Waals surface area (Å²) in [5.74, 6) is 0. The molecule has 3 nitrogen and oxygen atoms in total. The van der Waals surface area contributed by atoms with Crippen molar-refractivity contribution in [3.8, 4) is 33.4 Å². The molecule has 156 valence electrons. The second-order valence-corrected chi connectivity index (χ2v) is 9.95. The Morgan fingerprint density at radius 3 is 1.65 bits per heavy atom. The molecule has 0 aliphatic carbocycles. The average molecular weight is 447 g/mol. The van der Waals surface area contributed by atoms with Gasteiger partial charge in [0.1, 0.15) is 0 Å². The Hall–Kier alpha value is -2.78. The van der Waals surface area contributed by atoms with Crippen LogP contribution >= 0.6 is 8.81 Å². The maximum atomic E-state index is 11.5. The van der Waals surface area contributed by atoms with Crippen molar-refractivity contribution in [3.63, 3.8) is 0 Å². The molecule has 5 heteroatoms. The third-order valence-corrected chi connectivity index (χ3v) is 7.18. The lowest BCUT2D eigenvalue weighted by molar-refractivity contribution is 0.520. The SMILES string of the molecule is CS(=O)(=O)OPCc1ccc(-c2ccccc2)c(-c2ccccc2)c1-c1ccccc1. The maximum absolute atomic E-state index is 11.5. The summed E-state index contributed by atoms with van der Waals surface area (Å²) in [5, 5.41) is 0. The molecule has 4 aromatic rings. The van der Waals surface area contributed by atoms with E-state index >= 15 is 0 Å². The van der Waals surface area contributed by atoms with Gasteiger partial charge in [-0.1, -0.05) is 103 Å². The van der Waals surface area contributed by atoms with Gasteiger partial charge in [-0.3, -0.25) is 3.97 Å². The monoisotopic (exact) mass is 446 g/mol. The fourth-order valence-corrected chi connectivity index (χ4v) is 5.25. The third kappa shape index (κ3) is 5.29. The minimum Gasteiger partial charge on any atom is -0.251 e. The van der Waals surface area contributed by atoms with Gasteiger partial charge in [0.25, 0.3) is 10.1 Å². The first-order chi connectivity index (χ1) is 15.0. The quantitative estimate of drug-likeness (QED) is 0.295. The summed E-state index contributed by atoms with van der Waals surface area (Å²) in [5.41, 5.74) is 7.80. The summed E-state index contributed by atoms with van der Waals surface area (Å²) >= 11 is 0. The minimum absolute atomic E-state index is 0.168. The first-order valence-corrected chi connectivity index (χ1v) is 12.9. The lowest BCUT2D eigenvalue weighted by Crippen LogP contribution is -1.98. The van der Waals surface area contributed by atoms with Crippen LogP contribution in [0.3, 0.4) is 0 Å². The second kappa shape index (κ2) is 9.57. The van der Waals surface area contributed by atoms with Gasteiger partial charge in [0.05, 0.1) is 6.26 Å². The highest BCUT2D eigenvalue weighted by molar-refractivity contribution is 7.88. The first kappa shape index (κ1) is 21.5. The highest BCUT2D eigenvalue weighted by Crippen LogP contribution is 2.43. The number of benzene rings is 4. The maximum Gasteiger partial charge on any atom is 0.267 e. The summed E-state index contributed by atoms with van der Waals surface area (Å²) in [7, 11) is -3.64. The van der Waals surface area contributed by atoms with Gasteiger partial charge in [-0.2, -0.15) is 8.42 Å². The zero-order chi connectivity index (χ0) is 21.7. The fourth-order valence-electron chi connectivity index (χ4n) is 3.70. The molecule has 0 N–H and O–H groups in total. The Balaban J connectivity index is 1.96. The minimum atomic E-state index is -3.47. The summed E-state index contributed by atoms with van der Waals surface area (Å²) in [6, 6.07) is 35.1. The molecule has 4 aromatic carbocycles. The zero-order valence-electron chi connectivity index (χ0n) is 17.2. The Morgan fingerprint density at radius 1 is 0.645 bits per heavy atom. The van der Waals surface area contributed by atoms with Crippen LogP contribution in [0.15, 0.2) is 103 Å². The summed E-state index contributed by atoms with van der Waals surface area (Å²) in [6.07, 6.45) is 1.61. The van der Waals surface area contributed by atoms with Crippen molar-refractivity contribution in [2.45, 2.75) is 6.16 Å². The molecule has 0 spiro atoms. The molecule has 1 unspecified atom stereocenters. The molecule has 0 heterocycles. The molecule has 0 radical (unpaired) electrons. The van der Waals surface area contributed by atoms with E-state index in [2.05, 4.69) is 48.5 Å². The first-order valence-electron chi connectivity index (χ1n) is 9.96. The lowest BCUT2D eigenvalue weighted by Gasteiger charge is -2.20. The van der Waals surface area contributed by atoms with E-state index < -0.39 is 10.1 Å². The van der Waals surface area contributed by atoms with Crippen LogP contribution in [-0.4, -0.2) is 14.7 Å². The largest absolute Gasteiger partial charge is 0.267 e. The topological polar surface area (TPSA) is 43.4 Å². The smallest absolute Gasteiger partial charge is 0.251 e. The highest BCUT2D eigenvalue weighted by Gasteiger charge is 2.18. The van der Waals surface area contributed by atoms with Crippen LogP contribution < -0.4 is 0 Å². The summed E-state index contributed by atoms with van der Waals surface area (Å²) in [4.78, 5) is 0. The van der Waals surface area contributed by atoms with Gasteiger partial charge in [0.15, 0.2) is 0 Å². The van der Waals surface area contributed by atoms with Gasteiger partial charge >= 0.3 is 0 Å². The van der Waals surface area contributed by atoms with Crippen molar-refractivity contribution in [1.29, 1.82) is 0 Å². The van der Waals surface area contributed by atoms with Crippen molar-refractivity contribution in [2.24, 2.45) is 0 Å². The van der Waals surface area contributed by atoms with Crippen LogP contribution in [0, 0.1) is 0 Å². The normalized spacial score (nSPS) is 11.8. The molecular weight excluding hydrogens is 423 g/mol. The van der Waals surface area contributed by atoms with E-state index in [-0.39, 0.29) is 8.81 Å². The van der Waals surface area contributed by atoms with Crippen LogP contribution in [0.2, 0.25) is 0 Å². The van der Waals surface area contributed by atoms with E-state index in [1.54, 1.807) is 0 Å². The second-order valence-electron chi connectivity index (χ2n) is 7.23. The molecule has 4 rings (SSSR count). The van der Waals surface area contributed by atoms with E-state index in [0.29, 0.717) is 6.16 Å². The van der Waals surface area contributed by atoms with Gasteiger partial charge < -0.3 is 0 Å². The average Bonchev–Trinajstić information content (AvgIpc) is 2.79. The fraction of sp³-hybridized carbons (Fsp3) is 0.0769. The molecule has 0 aromatic heterocycles. The Bertz CT molecular complexity index is 1260. The molecular formula is C26H23O3PS. The van der Waals surface area contributed by atoms with Gasteiger partial charge in [0, 0.05) is 15.0 Å². The summed E-state index contributed by atoms with van der Waals surface area (Å²) in [6.45, 7) is 0. The number of hydrogen-bond donors (Lipinski definition) is 0. The molecule has 0 bridgehead atoms. The van der Waals surface area contributed by atoms with Crippen molar-refractivity contribution in [3.05, 3.63) is 109 Å². The molecule has 0 amide bonds. The van der Waals surface area contributed by atoms with Gasteiger partial charge in [0.2, 0.25) is 0 Å². The molecule has 0 saturated carbocycles. The third-order valence-electron chi connectivity index (χ3n) is 4.97. The van der Waals surface area contributed by atoms with E-state index in [1.807, 2.05) is 54.6 Å². The predicted molar refractivity (Wildman–Crippen MR) is 131 cm³/mol. The molecule has 0 aliphatic rings. The Labute approximate surface area is 185 Å². The molecule has 0 aliphatic heterocycles. The van der Waals surface area contributed by atoms with Gasteiger partial charge in [-0.25, -0.2) is 0 Å². The van der Waals surface area contributed by atoms with Crippen LogP contribution in [0.5, 0.6) is 0 Å². The van der Waals surface area contributed by atoms with Crippen LogP contribution in [0.1, 0.15) is 5.56 Å². The van der Waals surface area contributed by atoms with Crippen molar-refractivity contribution in [1.82, 2.24) is 0 Å². The van der Waals surface area contributed by atoms with E-state index in [4.69, 9.17) is 3.97 Å². The van der Waals surface area contributed by atoms with Crippen molar-refractivity contribution >= 4 is 18.9 Å². The van der Waals surface area contributed by atoms with Crippen molar-refractivity contribution < 1.29 is 12.4 Å². The zero-order valence-corrected chi connectivity index (χ0v) is 19.0. The van der Waals surface area contributed by atoms with Crippen molar-refractivity contribution in [2.75, 3.05) is 6.26 Å². The Kier molecular flexibility index (Phi) is 6.62. The molecule has 0 saturated heterocycles. The van der Waals surface area contributed by atoms with Crippen LogP contribution in [0.25, 0.3) is 33.4 Å². The predicted octanol–water partition coefficient (Wildman–Crippen LogP) is 6.76. The van der Waals surface area contributed by atoms with Gasteiger partial charge in [-0.15, -0.1) is 0 Å². The van der Waals surface area contributed by atoms with E-state index in [1.165, 1.54) is 0 Å². The highest BCUT2D eigenvalue weighted by atomic mass is 32.2. The molecule has 1 atom stereocenters. The van der Waals surface area contributed by atoms with E-state index in [0.717, 1.165) is 45.2 Å². The summed E-state index contributed by atoms with van der Waals surface area (Å²) < 4.78 is 28.1. The lowest BCUT2D eigenvalue weighted by atomic mass is 9.85. The van der Waals surface area contributed by atoms with E-state index in [9.17, 15) is 8.42 Å². The number of rotatable bonds is 7. The Morgan fingerprint density at radius 2 is 1.13 bits per heavy atom. The van der Waals surface area contributed by atoms with Gasteiger partial charge in [-0.05, 0) is 38.9 Å². The molecule has 0 fully saturated rings.